The summed E-state index contributed by atoms with van der Waals surface area (Å²) in [6, 6.07) is 7.98. The Morgan fingerprint density at radius 1 is 1.14 bits per heavy atom. The van der Waals surface area contributed by atoms with Gasteiger partial charge in [-0.2, -0.15) is 10.1 Å². The summed E-state index contributed by atoms with van der Waals surface area (Å²) in [6.45, 7) is 1.77. The highest BCUT2D eigenvalue weighted by Crippen LogP contribution is 2.18. The van der Waals surface area contributed by atoms with Gasteiger partial charge in [0, 0.05) is 6.07 Å². The minimum atomic E-state index is -0.377. The molecule has 0 spiro atoms. The maximum absolute atomic E-state index is 13.6. The molecule has 106 valence electrons. The van der Waals surface area contributed by atoms with Crippen LogP contribution < -0.4 is 10.6 Å². The first-order valence-electron chi connectivity index (χ1n) is 6.12. The van der Waals surface area contributed by atoms with Crippen LogP contribution in [0.3, 0.4) is 0 Å². The zero-order chi connectivity index (χ0) is 14.7. The van der Waals surface area contributed by atoms with Gasteiger partial charge in [-0.3, -0.25) is 0 Å². The van der Waals surface area contributed by atoms with E-state index in [4.69, 9.17) is 4.52 Å². The Bertz CT molecular complexity index is 760. The lowest BCUT2D eigenvalue weighted by molar-refractivity contribution is 0.400. The van der Waals surface area contributed by atoms with Crippen LogP contribution in [0.4, 0.5) is 27.7 Å². The molecule has 7 nitrogen and oxygen atoms in total. The smallest absolute Gasteiger partial charge is 0.250 e. The first kappa shape index (κ1) is 13.0. The Morgan fingerprint density at radius 2 is 2.00 bits per heavy atom. The molecule has 0 aliphatic heterocycles. The van der Waals surface area contributed by atoms with Crippen molar-refractivity contribution in [1.29, 1.82) is 0 Å². The Balaban J connectivity index is 1.78. The average Bonchev–Trinajstić information content (AvgIpc) is 2.87. The van der Waals surface area contributed by atoms with Gasteiger partial charge >= 0.3 is 0 Å². The van der Waals surface area contributed by atoms with Crippen LogP contribution in [0.5, 0.6) is 0 Å². The molecule has 2 aromatic heterocycles. The van der Waals surface area contributed by atoms with Crippen LogP contribution in [0.15, 0.2) is 41.1 Å². The number of aromatic nitrogens is 4. The molecular formula is C13H11FN6O. The van der Waals surface area contributed by atoms with Gasteiger partial charge in [-0.05, 0) is 19.1 Å². The van der Waals surface area contributed by atoms with E-state index in [1.165, 1.54) is 12.3 Å². The second-order valence-electron chi connectivity index (χ2n) is 4.22. The van der Waals surface area contributed by atoms with Crippen LogP contribution >= 0.6 is 0 Å². The number of aryl methyl sites for hydroxylation is 1. The van der Waals surface area contributed by atoms with Crippen molar-refractivity contribution in [2.75, 3.05) is 10.6 Å². The molecule has 0 bridgehead atoms. The van der Waals surface area contributed by atoms with Crippen LogP contribution in [0.25, 0.3) is 0 Å². The van der Waals surface area contributed by atoms with Crippen molar-refractivity contribution >= 4 is 23.3 Å². The van der Waals surface area contributed by atoms with Crippen LogP contribution in [0, 0.1) is 12.7 Å². The lowest BCUT2D eigenvalue weighted by Crippen LogP contribution is -2.03. The van der Waals surface area contributed by atoms with Gasteiger partial charge in [0.25, 0.3) is 0 Å². The molecule has 0 saturated heterocycles. The normalized spacial score (nSPS) is 10.4. The number of anilines is 4. The van der Waals surface area contributed by atoms with Crippen molar-refractivity contribution < 1.29 is 8.91 Å². The number of nitrogens with zero attached hydrogens (tertiary/aromatic N) is 4. The van der Waals surface area contributed by atoms with Crippen LogP contribution in [-0.4, -0.2) is 20.3 Å². The first-order valence-corrected chi connectivity index (χ1v) is 6.12. The van der Waals surface area contributed by atoms with E-state index in [9.17, 15) is 4.39 Å². The van der Waals surface area contributed by atoms with E-state index in [-0.39, 0.29) is 11.8 Å². The van der Waals surface area contributed by atoms with Crippen LogP contribution in [-0.2, 0) is 0 Å². The molecule has 3 aromatic rings. The summed E-state index contributed by atoms with van der Waals surface area (Å²) < 4.78 is 18.5. The molecule has 0 aliphatic carbocycles. The molecular weight excluding hydrogens is 275 g/mol. The fourth-order valence-electron chi connectivity index (χ4n) is 1.66. The first-order chi connectivity index (χ1) is 10.2. The highest BCUT2D eigenvalue weighted by molar-refractivity contribution is 5.57. The lowest BCUT2D eigenvalue weighted by atomic mass is 10.3. The van der Waals surface area contributed by atoms with Crippen molar-refractivity contribution in [2.45, 2.75) is 6.92 Å². The number of para-hydroxylation sites is 1. The van der Waals surface area contributed by atoms with Crippen molar-refractivity contribution in [1.82, 2.24) is 20.3 Å². The van der Waals surface area contributed by atoms with E-state index in [0.29, 0.717) is 23.1 Å². The number of rotatable bonds is 4. The summed E-state index contributed by atoms with van der Waals surface area (Å²) >= 11 is 0. The monoisotopic (exact) mass is 286 g/mol. The molecule has 21 heavy (non-hydrogen) atoms. The van der Waals surface area contributed by atoms with Gasteiger partial charge in [0.05, 0.1) is 11.9 Å². The van der Waals surface area contributed by atoms with Crippen molar-refractivity contribution in [3.63, 3.8) is 0 Å². The molecule has 2 heterocycles. The maximum atomic E-state index is 13.6. The van der Waals surface area contributed by atoms with Gasteiger partial charge in [0.2, 0.25) is 5.95 Å². The number of benzene rings is 1. The molecule has 0 amide bonds. The quantitative estimate of drug-likeness (QED) is 0.762. The van der Waals surface area contributed by atoms with E-state index in [0.717, 1.165) is 0 Å². The van der Waals surface area contributed by atoms with E-state index in [2.05, 4.69) is 31.0 Å². The van der Waals surface area contributed by atoms with Crippen molar-refractivity contribution in [2.24, 2.45) is 0 Å². The van der Waals surface area contributed by atoms with Gasteiger partial charge in [0.1, 0.15) is 11.6 Å². The highest BCUT2D eigenvalue weighted by Gasteiger charge is 2.06. The van der Waals surface area contributed by atoms with Gasteiger partial charge < -0.3 is 15.2 Å². The van der Waals surface area contributed by atoms with Gasteiger partial charge in [-0.1, -0.05) is 17.3 Å². The molecule has 0 atom stereocenters. The predicted octanol–water partition coefficient (Wildman–Crippen LogP) is 2.79. The zero-order valence-corrected chi connectivity index (χ0v) is 11.0. The third-order valence-electron chi connectivity index (χ3n) is 2.56. The summed E-state index contributed by atoms with van der Waals surface area (Å²) in [7, 11) is 0. The molecule has 0 saturated carbocycles. The van der Waals surface area contributed by atoms with E-state index < -0.39 is 0 Å². The average molecular weight is 286 g/mol. The Morgan fingerprint density at radius 3 is 2.76 bits per heavy atom. The maximum Gasteiger partial charge on any atom is 0.250 e. The third-order valence-corrected chi connectivity index (χ3v) is 2.56. The second-order valence-corrected chi connectivity index (χ2v) is 4.22. The van der Waals surface area contributed by atoms with Gasteiger partial charge in [-0.15, -0.1) is 5.10 Å². The number of hydrogen-bond acceptors (Lipinski definition) is 7. The summed E-state index contributed by atoms with van der Waals surface area (Å²) in [6.07, 6.45) is 1.39. The number of hydrogen-bond donors (Lipinski definition) is 2. The minimum Gasteiger partial charge on any atom is -0.360 e. The third kappa shape index (κ3) is 3.11. The van der Waals surface area contributed by atoms with Gasteiger partial charge in [0.15, 0.2) is 11.6 Å². The largest absolute Gasteiger partial charge is 0.360 e. The zero-order valence-electron chi connectivity index (χ0n) is 11.0. The van der Waals surface area contributed by atoms with E-state index in [1.54, 1.807) is 31.2 Å². The Labute approximate surface area is 119 Å². The standard InChI is InChI=1S/C13H11FN6O/c1-8-6-11(20-21-8)17-13-18-12(7-15-19-13)16-10-5-3-2-4-9(10)14/h2-7H,1H3,(H2,16,17,18,19,20). The van der Waals surface area contributed by atoms with E-state index >= 15 is 0 Å². The molecule has 0 fully saturated rings. The summed E-state index contributed by atoms with van der Waals surface area (Å²) in [5.74, 6) is 1.34. The topological polar surface area (TPSA) is 88.8 Å². The van der Waals surface area contributed by atoms with Gasteiger partial charge in [-0.25, -0.2) is 4.39 Å². The fraction of sp³-hybridized carbons (Fsp3) is 0.0769. The molecule has 0 unspecified atom stereocenters. The van der Waals surface area contributed by atoms with E-state index in [1.807, 2.05) is 0 Å². The predicted molar refractivity (Wildman–Crippen MR) is 74.0 cm³/mol. The number of nitrogens with one attached hydrogen (secondary N) is 2. The fourth-order valence-corrected chi connectivity index (χ4v) is 1.66. The Kier molecular flexibility index (Phi) is 3.42. The summed E-state index contributed by atoms with van der Waals surface area (Å²) in [5.41, 5.74) is 0.307. The van der Waals surface area contributed by atoms with Crippen LogP contribution in [0.1, 0.15) is 5.76 Å². The molecule has 3 rings (SSSR count). The molecule has 2 N–H and O–H groups in total. The summed E-state index contributed by atoms with van der Waals surface area (Å²) in [5, 5.41) is 17.1. The van der Waals surface area contributed by atoms with Crippen molar-refractivity contribution in [3.05, 3.63) is 48.1 Å². The molecule has 0 aliphatic rings. The lowest BCUT2D eigenvalue weighted by Gasteiger charge is -2.06. The Hall–Kier alpha value is -3.03. The van der Waals surface area contributed by atoms with Crippen molar-refractivity contribution in [3.8, 4) is 0 Å². The number of halogens is 1. The summed E-state index contributed by atoms with van der Waals surface area (Å²) in [4.78, 5) is 4.17. The highest BCUT2D eigenvalue weighted by atomic mass is 19.1. The molecule has 0 radical (unpaired) electrons. The van der Waals surface area contributed by atoms with Crippen LogP contribution in [0.2, 0.25) is 0 Å². The molecule has 8 heteroatoms. The molecule has 1 aromatic carbocycles. The minimum absolute atomic E-state index is 0.227. The SMILES string of the molecule is Cc1cc(Nc2nncc(Nc3ccccc3F)n2)no1. The second kappa shape index (κ2) is 5.53.